The summed E-state index contributed by atoms with van der Waals surface area (Å²) in [5.74, 6) is 0.965. The van der Waals surface area contributed by atoms with Crippen LogP contribution in [0.5, 0.6) is 0 Å². The van der Waals surface area contributed by atoms with E-state index >= 15 is 0 Å². The fraction of sp³-hybridized carbons (Fsp3) is 0.217. The lowest BCUT2D eigenvalue weighted by molar-refractivity contribution is -0.116. The SMILES string of the molecule is COC(=O)c1cccc(NC(=O)CCc2ccc(-c3ccc(C)c(C)c3)o2)c1. The molecule has 3 rings (SSSR count). The topological polar surface area (TPSA) is 68.5 Å². The van der Waals surface area contributed by atoms with Crippen molar-refractivity contribution in [2.45, 2.75) is 26.7 Å². The van der Waals surface area contributed by atoms with Crippen LogP contribution in [-0.4, -0.2) is 19.0 Å². The van der Waals surface area contributed by atoms with Gasteiger partial charge in [-0.2, -0.15) is 0 Å². The van der Waals surface area contributed by atoms with Crippen molar-refractivity contribution < 1.29 is 18.7 Å². The molecule has 0 bridgehead atoms. The molecular formula is C23H23NO4. The maximum absolute atomic E-state index is 12.2. The number of esters is 1. The van der Waals surface area contributed by atoms with Crippen LogP contribution in [-0.2, 0) is 16.0 Å². The Bertz CT molecular complexity index is 1000. The molecular weight excluding hydrogens is 354 g/mol. The Hall–Kier alpha value is -3.34. The van der Waals surface area contributed by atoms with E-state index in [4.69, 9.17) is 9.15 Å². The molecule has 1 amide bonds. The third-order valence-corrected chi connectivity index (χ3v) is 4.62. The molecule has 1 N–H and O–H groups in total. The van der Waals surface area contributed by atoms with Gasteiger partial charge in [-0.1, -0.05) is 18.2 Å². The first kappa shape index (κ1) is 19.4. The predicted octanol–water partition coefficient (Wildman–Crippen LogP) is 4.92. The van der Waals surface area contributed by atoms with Gasteiger partial charge in [0.2, 0.25) is 5.91 Å². The molecule has 1 aromatic heterocycles. The van der Waals surface area contributed by atoms with Crippen molar-refractivity contribution in [3.63, 3.8) is 0 Å². The number of rotatable bonds is 6. The highest BCUT2D eigenvalue weighted by Crippen LogP contribution is 2.25. The van der Waals surface area contributed by atoms with E-state index in [2.05, 4.69) is 31.3 Å². The first-order chi connectivity index (χ1) is 13.5. The van der Waals surface area contributed by atoms with Crippen LogP contribution in [0.1, 0.15) is 33.7 Å². The van der Waals surface area contributed by atoms with Crippen LogP contribution in [0.3, 0.4) is 0 Å². The maximum Gasteiger partial charge on any atom is 0.337 e. The fourth-order valence-electron chi connectivity index (χ4n) is 2.86. The largest absolute Gasteiger partial charge is 0.465 e. The molecule has 144 valence electrons. The molecule has 0 aliphatic heterocycles. The Labute approximate surface area is 164 Å². The molecule has 0 saturated heterocycles. The molecule has 0 atom stereocenters. The van der Waals surface area contributed by atoms with E-state index < -0.39 is 5.97 Å². The zero-order valence-corrected chi connectivity index (χ0v) is 16.2. The molecule has 0 aliphatic rings. The highest BCUT2D eigenvalue weighted by atomic mass is 16.5. The van der Waals surface area contributed by atoms with Gasteiger partial charge < -0.3 is 14.5 Å². The lowest BCUT2D eigenvalue weighted by Gasteiger charge is -2.06. The minimum Gasteiger partial charge on any atom is -0.465 e. The highest BCUT2D eigenvalue weighted by Gasteiger charge is 2.10. The third-order valence-electron chi connectivity index (χ3n) is 4.62. The Morgan fingerprint density at radius 3 is 2.57 bits per heavy atom. The van der Waals surface area contributed by atoms with E-state index in [9.17, 15) is 9.59 Å². The number of furan rings is 1. The number of aryl methyl sites for hydroxylation is 3. The van der Waals surface area contributed by atoms with Crippen LogP contribution in [0.2, 0.25) is 0 Å². The molecule has 5 nitrogen and oxygen atoms in total. The summed E-state index contributed by atoms with van der Waals surface area (Å²) in [7, 11) is 1.32. The summed E-state index contributed by atoms with van der Waals surface area (Å²) < 4.78 is 10.6. The average molecular weight is 377 g/mol. The molecule has 3 aromatic rings. The Morgan fingerprint density at radius 2 is 1.82 bits per heavy atom. The number of carbonyl (C=O) groups excluding carboxylic acids is 2. The van der Waals surface area contributed by atoms with Gasteiger partial charge in [0.15, 0.2) is 0 Å². The number of benzene rings is 2. The number of methoxy groups -OCH3 is 1. The monoisotopic (exact) mass is 377 g/mol. The normalized spacial score (nSPS) is 10.5. The minimum absolute atomic E-state index is 0.147. The number of hydrogen-bond acceptors (Lipinski definition) is 4. The van der Waals surface area contributed by atoms with Crippen molar-refractivity contribution in [2.75, 3.05) is 12.4 Å². The summed E-state index contributed by atoms with van der Waals surface area (Å²) in [6.45, 7) is 4.15. The summed E-state index contributed by atoms with van der Waals surface area (Å²) in [6.07, 6.45) is 0.774. The van der Waals surface area contributed by atoms with Crippen LogP contribution in [0, 0.1) is 13.8 Å². The zero-order valence-electron chi connectivity index (χ0n) is 16.2. The second-order valence-corrected chi connectivity index (χ2v) is 6.69. The lowest BCUT2D eigenvalue weighted by Crippen LogP contribution is -2.12. The highest BCUT2D eigenvalue weighted by molar-refractivity contribution is 5.94. The van der Waals surface area contributed by atoms with Crippen molar-refractivity contribution in [1.29, 1.82) is 0 Å². The Balaban J connectivity index is 1.59. The minimum atomic E-state index is -0.439. The molecule has 0 unspecified atom stereocenters. The molecule has 0 saturated carbocycles. The molecule has 28 heavy (non-hydrogen) atoms. The number of nitrogens with one attached hydrogen (secondary N) is 1. The predicted molar refractivity (Wildman–Crippen MR) is 108 cm³/mol. The molecule has 0 spiro atoms. The second kappa shape index (κ2) is 8.57. The first-order valence-electron chi connectivity index (χ1n) is 9.11. The van der Waals surface area contributed by atoms with E-state index in [0.717, 1.165) is 17.1 Å². The van der Waals surface area contributed by atoms with Crippen LogP contribution >= 0.6 is 0 Å². The lowest BCUT2D eigenvalue weighted by atomic mass is 10.1. The molecule has 5 heteroatoms. The van der Waals surface area contributed by atoms with Gasteiger partial charge in [-0.3, -0.25) is 4.79 Å². The van der Waals surface area contributed by atoms with E-state index in [0.29, 0.717) is 17.7 Å². The van der Waals surface area contributed by atoms with E-state index in [-0.39, 0.29) is 12.3 Å². The van der Waals surface area contributed by atoms with Crippen molar-refractivity contribution in [2.24, 2.45) is 0 Å². The summed E-state index contributed by atoms with van der Waals surface area (Å²) in [6, 6.07) is 16.7. The van der Waals surface area contributed by atoms with Gasteiger partial charge in [-0.05, 0) is 61.4 Å². The Morgan fingerprint density at radius 1 is 1.00 bits per heavy atom. The quantitative estimate of drug-likeness (QED) is 0.619. The van der Waals surface area contributed by atoms with Crippen molar-refractivity contribution in [3.8, 4) is 11.3 Å². The number of anilines is 1. The zero-order chi connectivity index (χ0) is 20.1. The maximum atomic E-state index is 12.2. The van der Waals surface area contributed by atoms with Crippen molar-refractivity contribution >= 4 is 17.6 Å². The number of hydrogen-bond donors (Lipinski definition) is 1. The smallest absolute Gasteiger partial charge is 0.337 e. The number of amides is 1. The van der Waals surface area contributed by atoms with E-state index in [1.165, 1.54) is 18.2 Å². The standard InChI is InChI=1S/C23H23NO4/c1-15-7-8-17(13-16(15)2)21-11-9-20(28-21)10-12-22(25)24-19-6-4-5-18(14-19)23(26)27-3/h4-9,11,13-14H,10,12H2,1-3H3,(H,24,25). The summed E-state index contributed by atoms with van der Waals surface area (Å²) in [5.41, 5.74) is 4.43. The molecule has 0 aliphatic carbocycles. The van der Waals surface area contributed by atoms with Gasteiger partial charge in [0.25, 0.3) is 0 Å². The number of carbonyl (C=O) groups is 2. The van der Waals surface area contributed by atoms with Crippen LogP contribution < -0.4 is 5.32 Å². The van der Waals surface area contributed by atoms with Gasteiger partial charge in [-0.15, -0.1) is 0 Å². The van der Waals surface area contributed by atoms with E-state index in [1.54, 1.807) is 24.3 Å². The van der Waals surface area contributed by atoms with Gasteiger partial charge in [0, 0.05) is 24.1 Å². The summed E-state index contributed by atoms with van der Waals surface area (Å²) >= 11 is 0. The van der Waals surface area contributed by atoms with E-state index in [1.807, 2.05) is 18.2 Å². The average Bonchev–Trinajstić information content (AvgIpc) is 3.17. The van der Waals surface area contributed by atoms with Gasteiger partial charge in [-0.25, -0.2) is 4.79 Å². The third kappa shape index (κ3) is 4.68. The molecule has 0 fully saturated rings. The van der Waals surface area contributed by atoms with Gasteiger partial charge in [0.05, 0.1) is 12.7 Å². The second-order valence-electron chi connectivity index (χ2n) is 6.69. The van der Waals surface area contributed by atoms with Crippen LogP contribution in [0.25, 0.3) is 11.3 Å². The van der Waals surface area contributed by atoms with Crippen LogP contribution in [0.4, 0.5) is 5.69 Å². The van der Waals surface area contributed by atoms with Gasteiger partial charge >= 0.3 is 5.97 Å². The fourth-order valence-corrected chi connectivity index (χ4v) is 2.86. The molecule has 0 radical (unpaired) electrons. The molecule has 1 heterocycles. The summed E-state index contributed by atoms with van der Waals surface area (Å²) in [4.78, 5) is 23.8. The number of ether oxygens (including phenoxy) is 1. The first-order valence-corrected chi connectivity index (χ1v) is 9.11. The van der Waals surface area contributed by atoms with Gasteiger partial charge in [0.1, 0.15) is 11.5 Å². The summed E-state index contributed by atoms with van der Waals surface area (Å²) in [5, 5.41) is 2.80. The van der Waals surface area contributed by atoms with Crippen LogP contribution in [0.15, 0.2) is 59.0 Å². The Kier molecular flexibility index (Phi) is 5.94. The molecule has 2 aromatic carbocycles. The van der Waals surface area contributed by atoms with Crippen molar-refractivity contribution in [1.82, 2.24) is 0 Å². The van der Waals surface area contributed by atoms with Crippen molar-refractivity contribution in [3.05, 3.63) is 77.0 Å².